The van der Waals surface area contributed by atoms with Gasteiger partial charge >= 0.3 is 0 Å². The van der Waals surface area contributed by atoms with E-state index in [9.17, 15) is 0 Å². The van der Waals surface area contributed by atoms with Crippen LogP contribution in [-0.2, 0) is 0 Å². The molecule has 0 bridgehead atoms. The minimum Gasteiger partial charge on any atom is -0.337 e. The van der Waals surface area contributed by atoms with Crippen LogP contribution in [0.5, 0.6) is 0 Å². The average molecular weight is 224 g/mol. The predicted octanol–water partition coefficient (Wildman–Crippen LogP) is 1.57. The molecule has 0 saturated carbocycles. The van der Waals surface area contributed by atoms with Crippen LogP contribution in [0.15, 0.2) is 11.6 Å². The second-order valence-electron chi connectivity index (χ2n) is 4.74. The molecular weight excluding hydrogens is 206 g/mol. The molecule has 0 amide bonds. The van der Waals surface area contributed by atoms with Gasteiger partial charge in [-0.1, -0.05) is 0 Å². The quantitative estimate of drug-likeness (QED) is 0.673. The van der Waals surface area contributed by atoms with Gasteiger partial charge in [-0.25, -0.2) is 4.98 Å². The van der Waals surface area contributed by atoms with Gasteiger partial charge in [0, 0.05) is 24.4 Å². The molecule has 3 heterocycles. The van der Waals surface area contributed by atoms with Gasteiger partial charge in [0.25, 0.3) is 0 Å². The molecule has 1 aromatic heterocycles. The average Bonchev–Trinajstić information content (AvgIpc) is 2.91. The number of thiazole rings is 1. The van der Waals surface area contributed by atoms with Crippen LogP contribution >= 0.6 is 11.3 Å². The molecule has 0 aromatic carbocycles. The smallest absolute Gasteiger partial charge is 0.185 e. The predicted molar refractivity (Wildman–Crippen MR) is 63.3 cm³/mol. The SMILES string of the molecule is c1csc(N2CC[N+]3(CCCC3)CC2)n1. The van der Waals surface area contributed by atoms with Crippen molar-refractivity contribution in [1.29, 1.82) is 0 Å². The molecule has 2 fully saturated rings. The zero-order chi connectivity index (χ0) is 10.1. The standard InChI is InChI=1S/C11H18N3S/c1-2-7-14(6-1)8-4-13(5-9-14)11-12-3-10-15-11/h3,10H,1-2,4-9H2/q+1. The Morgan fingerprint density at radius 3 is 2.47 bits per heavy atom. The number of rotatable bonds is 1. The van der Waals surface area contributed by atoms with Gasteiger partial charge < -0.3 is 9.38 Å². The summed E-state index contributed by atoms with van der Waals surface area (Å²) in [6.45, 7) is 7.91. The van der Waals surface area contributed by atoms with E-state index < -0.39 is 0 Å². The summed E-state index contributed by atoms with van der Waals surface area (Å²) < 4.78 is 1.39. The van der Waals surface area contributed by atoms with Crippen molar-refractivity contribution in [3.05, 3.63) is 11.6 Å². The van der Waals surface area contributed by atoms with Crippen molar-refractivity contribution < 1.29 is 4.48 Å². The lowest BCUT2D eigenvalue weighted by atomic mass is 10.3. The highest BCUT2D eigenvalue weighted by Gasteiger charge is 2.36. The first-order valence-electron chi connectivity index (χ1n) is 5.88. The molecular formula is C11H18N3S+. The third-order valence-corrected chi connectivity index (χ3v) is 4.73. The van der Waals surface area contributed by atoms with Crippen LogP contribution < -0.4 is 4.90 Å². The number of aromatic nitrogens is 1. The van der Waals surface area contributed by atoms with Gasteiger partial charge in [0.1, 0.15) is 0 Å². The van der Waals surface area contributed by atoms with Crippen LogP contribution in [0, 0.1) is 0 Å². The maximum atomic E-state index is 4.39. The molecule has 0 N–H and O–H groups in total. The van der Waals surface area contributed by atoms with E-state index in [1.165, 1.54) is 61.7 Å². The van der Waals surface area contributed by atoms with Gasteiger partial charge in [-0.2, -0.15) is 0 Å². The van der Waals surface area contributed by atoms with Crippen molar-refractivity contribution in [2.75, 3.05) is 44.2 Å². The molecule has 3 nitrogen and oxygen atoms in total. The zero-order valence-electron chi connectivity index (χ0n) is 9.06. The van der Waals surface area contributed by atoms with Gasteiger partial charge in [-0.05, 0) is 0 Å². The number of nitrogens with zero attached hydrogens (tertiary/aromatic N) is 3. The van der Waals surface area contributed by atoms with Gasteiger partial charge in [-0.15, -0.1) is 11.3 Å². The maximum Gasteiger partial charge on any atom is 0.185 e. The Hall–Kier alpha value is -0.610. The Morgan fingerprint density at radius 2 is 1.87 bits per heavy atom. The summed E-state index contributed by atoms with van der Waals surface area (Å²) in [6, 6.07) is 0. The Kier molecular flexibility index (Phi) is 2.41. The number of hydrogen-bond acceptors (Lipinski definition) is 3. The van der Waals surface area contributed by atoms with Gasteiger partial charge in [-0.3, -0.25) is 0 Å². The molecule has 0 radical (unpaired) electrons. The highest BCUT2D eigenvalue weighted by Crippen LogP contribution is 2.25. The minimum absolute atomic E-state index is 1.20. The van der Waals surface area contributed by atoms with E-state index in [1.54, 1.807) is 11.3 Å². The molecule has 0 aliphatic carbocycles. The Balaban J connectivity index is 1.65. The summed E-state index contributed by atoms with van der Waals surface area (Å²) in [5.74, 6) is 0. The van der Waals surface area contributed by atoms with Crippen molar-refractivity contribution in [2.45, 2.75) is 12.8 Å². The lowest BCUT2D eigenvalue weighted by Crippen LogP contribution is -2.58. The topological polar surface area (TPSA) is 16.1 Å². The third kappa shape index (κ3) is 1.76. The summed E-state index contributed by atoms with van der Waals surface area (Å²) in [5.41, 5.74) is 0. The summed E-state index contributed by atoms with van der Waals surface area (Å²) in [5, 5.41) is 3.29. The van der Waals surface area contributed by atoms with Gasteiger partial charge in [0.2, 0.25) is 0 Å². The lowest BCUT2D eigenvalue weighted by Gasteiger charge is -2.41. The van der Waals surface area contributed by atoms with Crippen molar-refractivity contribution in [3.8, 4) is 0 Å². The summed E-state index contributed by atoms with van der Waals surface area (Å²) in [7, 11) is 0. The molecule has 3 rings (SSSR count). The Labute approximate surface area is 94.9 Å². The van der Waals surface area contributed by atoms with E-state index in [2.05, 4.69) is 15.3 Å². The fourth-order valence-corrected chi connectivity index (χ4v) is 3.60. The van der Waals surface area contributed by atoms with Crippen molar-refractivity contribution in [1.82, 2.24) is 4.98 Å². The first kappa shape index (κ1) is 9.60. The second kappa shape index (κ2) is 3.76. The maximum absolute atomic E-state index is 4.39. The van der Waals surface area contributed by atoms with Crippen molar-refractivity contribution >= 4 is 16.5 Å². The second-order valence-corrected chi connectivity index (χ2v) is 5.62. The monoisotopic (exact) mass is 224 g/mol. The molecule has 0 unspecified atom stereocenters. The summed E-state index contributed by atoms with van der Waals surface area (Å²) in [4.78, 5) is 6.84. The van der Waals surface area contributed by atoms with Crippen LogP contribution in [0.2, 0.25) is 0 Å². The first-order valence-corrected chi connectivity index (χ1v) is 6.76. The van der Waals surface area contributed by atoms with E-state index >= 15 is 0 Å². The molecule has 4 heteroatoms. The Bertz CT molecular complexity index is 307. The van der Waals surface area contributed by atoms with Crippen LogP contribution in [0.1, 0.15) is 12.8 Å². The van der Waals surface area contributed by atoms with Crippen molar-refractivity contribution in [2.24, 2.45) is 0 Å². The highest BCUT2D eigenvalue weighted by molar-refractivity contribution is 7.13. The molecule has 15 heavy (non-hydrogen) atoms. The van der Waals surface area contributed by atoms with Gasteiger partial charge in [0.05, 0.1) is 39.3 Å². The number of anilines is 1. The fraction of sp³-hybridized carbons (Fsp3) is 0.727. The van der Waals surface area contributed by atoms with Gasteiger partial charge in [0.15, 0.2) is 5.13 Å². The fourth-order valence-electron chi connectivity index (χ4n) is 2.91. The molecule has 2 saturated heterocycles. The summed E-state index contributed by atoms with van der Waals surface area (Å²) in [6.07, 6.45) is 4.79. The summed E-state index contributed by atoms with van der Waals surface area (Å²) >= 11 is 1.77. The molecule has 1 spiro atoms. The molecule has 0 atom stereocenters. The van der Waals surface area contributed by atoms with E-state index in [4.69, 9.17) is 0 Å². The first-order chi connectivity index (χ1) is 7.38. The highest BCUT2D eigenvalue weighted by atomic mass is 32.1. The van der Waals surface area contributed by atoms with Crippen LogP contribution in [0.25, 0.3) is 0 Å². The lowest BCUT2D eigenvalue weighted by molar-refractivity contribution is -0.917. The largest absolute Gasteiger partial charge is 0.337 e. The zero-order valence-corrected chi connectivity index (χ0v) is 9.88. The minimum atomic E-state index is 1.20. The molecule has 1 aromatic rings. The normalized spacial score (nSPS) is 24.9. The van der Waals surface area contributed by atoms with Crippen molar-refractivity contribution in [3.63, 3.8) is 0 Å². The van der Waals surface area contributed by atoms with E-state index in [0.717, 1.165) is 0 Å². The molecule has 82 valence electrons. The van der Waals surface area contributed by atoms with Crippen LogP contribution in [0.4, 0.5) is 5.13 Å². The Morgan fingerprint density at radius 1 is 1.13 bits per heavy atom. The number of piperazine rings is 1. The number of quaternary nitrogens is 1. The molecule has 2 aliphatic heterocycles. The van der Waals surface area contributed by atoms with Crippen LogP contribution in [-0.4, -0.2) is 48.7 Å². The molecule has 2 aliphatic rings. The number of hydrogen-bond donors (Lipinski definition) is 0. The van der Waals surface area contributed by atoms with E-state index in [0.29, 0.717) is 0 Å². The van der Waals surface area contributed by atoms with E-state index in [-0.39, 0.29) is 0 Å². The van der Waals surface area contributed by atoms with Crippen LogP contribution in [0.3, 0.4) is 0 Å². The third-order valence-electron chi connectivity index (χ3n) is 3.89. The van der Waals surface area contributed by atoms with E-state index in [1.807, 2.05) is 6.20 Å².